The monoisotopic (exact) mass is 199 g/mol. The summed E-state index contributed by atoms with van der Waals surface area (Å²) in [7, 11) is 0. The van der Waals surface area contributed by atoms with Crippen LogP contribution in [0.25, 0.3) is 0 Å². The lowest BCUT2D eigenvalue weighted by molar-refractivity contribution is -0.121. The third kappa shape index (κ3) is 2.37. The fourth-order valence-electron chi connectivity index (χ4n) is 1.64. The van der Waals surface area contributed by atoms with Gasteiger partial charge >= 0.3 is 6.03 Å². The molecule has 3 N–H and O–H groups in total. The number of carbonyl (C=O) groups is 2. The highest BCUT2D eigenvalue weighted by Gasteiger charge is 2.32. The highest BCUT2D eigenvalue weighted by molar-refractivity contribution is 5.86. The molecule has 1 aliphatic heterocycles. The summed E-state index contributed by atoms with van der Waals surface area (Å²) in [4.78, 5) is 24.1. The number of nitrogens with one attached hydrogen (secondary N) is 1. The molecule has 0 bridgehead atoms. The van der Waals surface area contributed by atoms with Gasteiger partial charge in [0.1, 0.15) is 6.04 Å². The Morgan fingerprint density at radius 1 is 1.50 bits per heavy atom. The quantitative estimate of drug-likeness (QED) is 0.659. The Labute approximate surface area is 83.6 Å². The highest BCUT2D eigenvalue weighted by Crippen LogP contribution is 2.16. The number of nitrogens with zero attached hydrogens (tertiary/aromatic N) is 1. The molecule has 0 aromatic carbocycles. The van der Waals surface area contributed by atoms with Gasteiger partial charge in [0.15, 0.2) is 0 Å². The Morgan fingerprint density at radius 2 is 2.14 bits per heavy atom. The lowest BCUT2D eigenvalue weighted by Crippen LogP contribution is -2.49. The van der Waals surface area contributed by atoms with Gasteiger partial charge in [0.05, 0.1) is 0 Å². The number of nitrogens with two attached hydrogens (primary N) is 1. The molecule has 1 rings (SSSR count). The van der Waals surface area contributed by atoms with Crippen LogP contribution in [-0.4, -0.2) is 35.5 Å². The van der Waals surface area contributed by atoms with E-state index in [1.807, 2.05) is 13.8 Å². The summed E-state index contributed by atoms with van der Waals surface area (Å²) in [5.41, 5.74) is 5.20. The second-order valence-electron chi connectivity index (χ2n) is 3.86. The van der Waals surface area contributed by atoms with E-state index in [9.17, 15) is 9.59 Å². The molecule has 80 valence electrons. The van der Waals surface area contributed by atoms with E-state index in [4.69, 9.17) is 5.73 Å². The largest absolute Gasteiger partial charge is 0.368 e. The Kier molecular flexibility index (Phi) is 3.33. The average molecular weight is 199 g/mol. The molecule has 0 spiro atoms. The van der Waals surface area contributed by atoms with Crippen LogP contribution in [-0.2, 0) is 4.79 Å². The van der Waals surface area contributed by atoms with Crippen molar-refractivity contribution in [2.24, 2.45) is 5.73 Å². The van der Waals surface area contributed by atoms with E-state index >= 15 is 0 Å². The Morgan fingerprint density at radius 3 is 2.64 bits per heavy atom. The summed E-state index contributed by atoms with van der Waals surface area (Å²) < 4.78 is 0. The normalized spacial score (nSPS) is 21.4. The van der Waals surface area contributed by atoms with Crippen LogP contribution in [0.1, 0.15) is 26.7 Å². The van der Waals surface area contributed by atoms with Crippen LogP contribution in [0.4, 0.5) is 4.79 Å². The van der Waals surface area contributed by atoms with E-state index in [0.29, 0.717) is 13.0 Å². The van der Waals surface area contributed by atoms with Gasteiger partial charge in [-0.3, -0.25) is 4.79 Å². The van der Waals surface area contributed by atoms with Crippen molar-refractivity contribution >= 4 is 11.9 Å². The summed E-state index contributed by atoms with van der Waals surface area (Å²) in [5, 5.41) is 2.75. The van der Waals surface area contributed by atoms with Crippen LogP contribution in [0.5, 0.6) is 0 Å². The first kappa shape index (κ1) is 10.8. The minimum Gasteiger partial charge on any atom is -0.368 e. The lowest BCUT2D eigenvalue weighted by Gasteiger charge is -2.23. The maximum absolute atomic E-state index is 11.6. The number of amides is 3. The second kappa shape index (κ2) is 4.30. The molecule has 5 heteroatoms. The summed E-state index contributed by atoms with van der Waals surface area (Å²) >= 11 is 0. The molecular formula is C9H17N3O2. The van der Waals surface area contributed by atoms with Crippen molar-refractivity contribution in [3.63, 3.8) is 0 Å². The molecule has 1 aliphatic rings. The van der Waals surface area contributed by atoms with Gasteiger partial charge in [-0.05, 0) is 26.7 Å². The Bertz CT molecular complexity index is 240. The Balaban J connectivity index is 2.58. The molecule has 5 nitrogen and oxygen atoms in total. The summed E-state index contributed by atoms with van der Waals surface area (Å²) in [6.45, 7) is 4.38. The SMILES string of the molecule is CC(C)NC(=O)N1CCCC1C(N)=O. The zero-order valence-electron chi connectivity index (χ0n) is 8.62. The zero-order chi connectivity index (χ0) is 10.7. The van der Waals surface area contributed by atoms with E-state index in [1.165, 1.54) is 4.90 Å². The maximum atomic E-state index is 11.6. The number of rotatable bonds is 2. The average Bonchev–Trinajstić information content (AvgIpc) is 2.49. The van der Waals surface area contributed by atoms with Gasteiger partial charge in [-0.2, -0.15) is 0 Å². The molecule has 1 atom stereocenters. The van der Waals surface area contributed by atoms with Gasteiger partial charge in [-0.1, -0.05) is 0 Å². The van der Waals surface area contributed by atoms with Crippen molar-refractivity contribution in [2.75, 3.05) is 6.54 Å². The van der Waals surface area contributed by atoms with E-state index in [2.05, 4.69) is 5.32 Å². The molecule has 0 saturated carbocycles. The Hall–Kier alpha value is -1.26. The molecular weight excluding hydrogens is 182 g/mol. The highest BCUT2D eigenvalue weighted by atomic mass is 16.2. The number of hydrogen-bond donors (Lipinski definition) is 2. The summed E-state index contributed by atoms with van der Waals surface area (Å²) in [5.74, 6) is -0.415. The van der Waals surface area contributed by atoms with Crippen molar-refractivity contribution in [3.8, 4) is 0 Å². The van der Waals surface area contributed by atoms with Crippen LogP contribution in [0.3, 0.4) is 0 Å². The maximum Gasteiger partial charge on any atom is 0.318 e. The molecule has 3 amide bonds. The van der Waals surface area contributed by atoms with Gasteiger partial charge < -0.3 is 16.0 Å². The van der Waals surface area contributed by atoms with Crippen molar-refractivity contribution < 1.29 is 9.59 Å². The molecule has 1 fully saturated rings. The minimum absolute atomic E-state index is 0.0802. The zero-order valence-corrected chi connectivity index (χ0v) is 8.62. The first-order valence-electron chi connectivity index (χ1n) is 4.89. The molecule has 1 saturated heterocycles. The number of urea groups is 1. The van der Waals surface area contributed by atoms with Crippen molar-refractivity contribution in [1.82, 2.24) is 10.2 Å². The molecule has 0 aromatic heterocycles. The topological polar surface area (TPSA) is 75.4 Å². The van der Waals surface area contributed by atoms with Gasteiger partial charge in [-0.15, -0.1) is 0 Å². The van der Waals surface area contributed by atoms with Crippen LogP contribution in [0, 0.1) is 0 Å². The number of hydrogen-bond acceptors (Lipinski definition) is 2. The fraction of sp³-hybridized carbons (Fsp3) is 0.778. The van der Waals surface area contributed by atoms with Gasteiger partial charge in [0, 0.05) is 12.6 Å². The molecule has 0 radical (unpaired) electrons. The predicted octanol–water partition coefficient (Wildman–Crippen LogP) is 0.0541. The second-order valence-corrected chi connectivity index (χ2v) is 3.86. The summed E-state index contributed by atoms with van der Waals surface area (Å²) in [6.07, 6.45) is 1.53. The van der Waals surface area contributed by atoms with Crippen LogP contribution in [0.15, 0.2) is 0 Å². The number of primary amides is 1. The van der Waals surface area contributed by atoms with E-state index in [-0.39, 0.29) is 12.1 Å². The predicted molar refractivity (Wildman–Crippen MR) is 52.6 cm³/mol. The van der Waals surface area contributed by atoms with Crippen molar-refractivity contribution in [2.45, 2.75) is 38.8 Å². The standard InChI is InChI=1S/C9H17N3O2/c1-6(2)11-9(14)12-5-3-4-7(12)8(10)13/h6-7H,3-5H2,1-2H3,(H2,10,13)(H,11,14). The molecule has 14 heavy (non-hydrogen) atoms. The van der Waals surface area contributed by atoms with Crippen molar-refractivity contribution in [1.29, 1.82) is 0 Å². The van der Waals surface area contributed by atoms with Gasteiger partial charge in [0.25, 0.3) is 0 Å². The number of likely N-dealkylation sites (tertiary alicyclic amines) is 1. The van der Waals surface area contributed by atoms with E-state index in [1.54, 1.807) is 0 Å². The first-order valence-corrected chi connectivity index (χ1v) is 4.89. The van der Waals surface area contributed by atoms with Gasteiger partial charge in [-0.25, -0.2) is 4.79 Å². The number of carbonyl (C=O) groups excluding carboxylic acids is 2. The van der Waals surface area contributed by atoms with E-state index < -0.39 is 11.9 Å². The van der Waals surface area contributed by atoms with Crippen LogP contribution >= 0.6 is 0 Å². The van der Waals surface area contributed by atoms with Gasteiger partial charge in [0.2, 0.25) is 5.91 Å². The first-order chi connectivity index (χ1) is 6.52. The lowest BCUT2D eigenvalue weighted by atomic mass is 10.2. The third-order valence-corrected chi connectivity index (χ3v) is 2.25. The van der Waals surface area contributed by atoms with Crippen molar-refractivity contribution in [3.05, 3.63) is 0 Å². The summed E-state index contributed by atoms with van der Waals surface area (Å²) in [6, 6.07) is -0.535. The molecule has 0 aliphatic carbocycles. The molecule has 0 aromatic rings. The molecule has 1 heterocycles. The third-order valence-electron chi connectivity index (χ3n) is 2.25. The smallest absolute Gasteiger partial charge is 0.318 e. The molecule has 1 unspecified atom stereocenters. The fourth-order valence-corrected chi connectivity index (χ4v) is 1.64. The van der Waals surface area contributed by atoms with Crippen LogP contribution in [0.2, 0.25) is 0 Å². The van der Waals surface area contributed by atoms with Crippen LogP contribution < -0.4 is 11.1 Å². The van der Waals surface area contributed by atoms with E-state index in [0.717, 1.165) is 6.42 Å². The minimum atomic E-state index is -0.422.